The molecule has 0 N–H and O–H groups in total. The first-order valence-electron chi connectivity index (χ1n) is 9.35. The lowest BCUT2D eigenvalue weighted by atomic mass is 10.3. The maximum absolute atomic E-state index is 13.0. The van der Waals surface area contributed by atoms with Crippen LogP contribution in [0.5, 0.6) is 0 Å². The van der Waals surface area contributed by atoms with Crippen LogP contribution in [0.3, 0.4) is 0 Å². The van der Waals surface area contributed by atoms with Crippen LogP contribution >= 0.6 is 22.9 Å². The minimum Gasteiger partial charge on any atom is -0.302 e. The average Bonchev–Trinajstić information content (AvgIpc) is 3.24. The van der Waals surface area contributed by atoms with Crippen LogP contribution in [0, 0.1) is 0 Å². The highest BCUT2D eigenvalue weighted by Gasteiger charge is 2.32. The molecule has 1 fully saturated rings. The van der Waals surface area contributed by atoms with Crippen LogP contribution in [-0.2, 0) is 14.4 Å². The summed E-state index contributed by atoms with van der Waals surface area (Å²) in [5.74, 6) is -0.908. The lowest BCUT2D eigenvalue weighted by Gasteiger charge is -2.26. The van der Waals surface area contributed by atoms with Crippen molar-refractivity contribution < 1.29 is 14.4 Å². The number of hydrogen-bond acceptors (Lipinski definition) is 6. The molecule has 1 aromatic heterocycles. The quantitative estimate of drug-likeness (QED) is 0.611. The van der Waals surface area contributed by atoms with Crippen LogP contribution in [0.15, 0.2) is 18.2 Å². The molecule has 0 bridgehead atoms. The Hall–Kier alpha value is -2.03. The van der Waals surface area contributed by atoms with Crippen molar-refractivity contribution in [3.8, 4) is 0 Å². The lowest BCUT2D eigenvalue weighted by Crippen LogP contribution is -2.45. The van der Waals surface area contributed by atoms with Gasteiger partial charge in [-0.25, -0.2) is 4.98 Å². The zero-order valence-corrected chi connectivity index (χ0v) is 17.6. The maximum Gasteiger partial charge on any atom is 0.248 e. The van der Waals surface area contributed by atoms with Gasteiger partial charge in [0, 0.05) is 25.9 Å². The standard InChI is InChI=1S/C19H23ClN4O3S/c1-3-22(4-2)10-11-23(17(27)12-24-15(25)8-9-16(24)26)19-21-18-13(20)6-5-7-14(18)28-19/h5-7H,3-4,8-12H2,1-2H3. The number of carbonyl (C=O) groups excluding carboxylic acids is 3. The molecule has 9 heteroatoms. The van der Waals surface area contributed by atoms with E-state index >= 15 is 0 Å². The van der Waals surface area contributed by atoms with Gasteiger partial charge in [-0.1, -0.05) is 42.9 Å². The number of para-hydroxylation sites is 1. The minimum atomic E-state index is -0.314. The van der Waals surface area contributed by atoms with Crippen molar-refractivity contribution in [2.45, 2.75) is 26.7 Å². The van der Waals surface area contributed by atoms with Gasteiger partial charge in [0.1, 0.15) is 12.1 Å². The Balaban J connectivity index is 1.87. The molecule has 0 atom stereocenters. The topological polar surface area (TPSA) is 73.8 Å². The van der Waals surface area contributed by atoms with E-state index in [0.717, 1.165) is 22.7 Å². The minimum absolute atomic E-state index is 0.169. The lowest BCUT2D eigenvalue weighted by molar-refractivity contribution is -0.141. The Labute approximate surface area is 172 Å². The second kappa shape index (κ2) is 8.98. The molecule has 3 amide bonds. The van der Waals surface area contributed by atoms with Gasteiger partial charge >= 0.3 is 0 Å². The summed E-state index contributed by atoms with van der Waals surface area (Å²) in [7, 11) is 0. The highest BCUT2D eigenvalue weighted by atomic mass is 35.5. The Kier molecular flexibility index (Phi) is 6.64. The second-order valence-corrected chi connectivity index (χ2v) is 7.95. The van der Waals surface area contributed by atoms with E-state index in [4.69, 9.17) is 11.6 Å². The van der Waals surface area contributed by atoms with Gasteiger partial charge in [0.25, 0.3) is 0 Å². The van der Waals surface area contributed by atoms with Gasteiger partial charge in [0.05, 0.1) is 9.72 Å². The van der Waals surface area contributed by atoms with Gasteiger partial charge < -0.3 is 4.90 Å². The van der Waals surface area contributed by atoms with Crippen LogP contribution in [0.2, 0.25) is 5.02 Å². The van der Waals surface area contributed by atoms with Crippen LogP contribution < -0.4 is 4.90 Å². The molecule has 7 nitrogen and oxygen atoms in total. The molecule has 0 saturated carbocycles. The Morgan fingerprint density at radius 3 is 2.46 bits per heavy atom. The third-order valence-corrected chi connectivity index (χ3v) is 6.22. The number of halogens is 1. The van der Waals surface area contributed by atoms with Gasteiger partial charge in [0.15, 0.2) is 5.13 Å². The highest BCUT2D eigenvalue weighted by Crippen LogP contribution is 2.33. The largest absolute Gasteiger partial charge is 0.302 e. The number of fused-ring (bicyclic) bond motifs is 1. The molecular formula is C19H23ClN4O3S. The van der Waals surface area contributed by atoms with Crippen molar-refractivity contribution in [3.63, 3.8) is 0 Å². The Bertz CT molecular complexity index is 880. The molecule has 0 radical (unpaired) electrons. The number of likely N-dealkylation sites (tertiary alicyclic amines) is 1. The molecule has 3 rings (SSSR count). The van der Waals surface area contributed by atoms with Crippen LogP contribution in [0.1, 0.15) is 26.7 Å². The van der Waals surface area contributed by atoms with Gasteiger partial charge in [-0.2, -0.15) is 0 Å². The van der Waals surface area contributed by atoms with Crippen molar-refractivity contribution in [2.75, 3.05) is 37.6 Å². The Morgan fingerprint density at radius 2 is 1.86 bits per heavy atom. The number of nitrogens with zero attached hydrogens (tertiary/aromatic N) is 4. The van der Waals surface area contributed by atoms with E-state index in [-0.39, 0.29) is 37.1 Å². The summed E-state index contributed by atoms with van der Waals surface area (Å²) in [6.07, 6.45) is 0.338. The molecule has 0 unspecified atom stereocenters. The molecular weight excluding hydrogens is 400 g/mol. The highest BCUT2D eigenvalue weighted by molar-refractivity contribution is 7.22. The number of hydrogen-bond donors (Lipinski definition) is 0. The van der Waals surface area contributed by atoms with Crippen molar-refractivity contribution in [1.29, 1.82) is 0 Å². The first-order valence-corrected chi connectivity index (χ1v) is 10.5. The normalized spacial score (nSPS) is 14.5. The summed E-state index contributed by atoms with van der Waals surface area (Å²) in [6.45, 7) is 6.71. The fourth-order valence-electron chi connectivity index (χ4n) is 3.15. The first kappa shape index (κ1) is 20.7. The molecule has 0 spiro atoms. The van der Waals surface area contributed by atoms with E-state index in [2.05, 4.69) is 23.7 Å². The van der Waals surface area contributed by atoms with Crippen molar-refractivity contribution >= 4 is 56.0 Å². The molecule has 150 valence electrons. The number of amides is 3. The fourth-order valence-corrected chi connectivity index (χ4v) is 4.46. The molecule has 28 heavy (non-hydrogen) atoms. The van der Waals surface area contributed by atoms with E-state index in [1.165, 1.54) is 11.3 Å². The van der Waals surface area contributed by atoms with E-state index in [0.29, 0.717) is 28.8 Å². The summed E-state index contributed by atoms with van der Waals surface area (Å²) in [5.41, 5.74) is 0.651. The van der Waals surface area contributed by atoms with Gasteiger partial charge in [0.2, 0.25) is 17.7 Å². The molecule has 0 aliphatic carbocycles. The number of benzene rings is 1. The molecule has 1 aromatic carbocycles. The summed E-state index contributed by atoms with van der Waals surface area (Å²) in [4.78, 5) is 46.3. The summed E-state index contributed by atoms with van der Waals surface area (Å²) in [6, 6.07) is 5.51. The van der Waals surface area contributed by atoms with Crippen molar-refractivity contribution in [1.82, 2.24) is 14.8 Å². The third kappa shape index (κ3) is 4.34. The first-order chi connectivity index (χ1) is 13.4. The predicted molar refractivity (Wildman–Crippen MR) is 111 cm³/mol. The number of carbonyl (C=O) groups is 3. The SMILES string of the molecule is CCN(CC)CCN(C(=O)CN1C(=O)CCC1=O)c1nc2c(Cl)cccc2s1. The van der Waals surface area contributed by atoms with E-state index in [9.17, 15) is 14.4 Å². The average molecular weight is 423 g/mol. The zero-order valence-electron chi connectivity index (χ0n) is 16.0. The third-order valence-electron chi connectivity index (χ3n) is 4.87. The summed E-state index contributed by atoms with van der Waals surface area (Å²) < 4.78 is 0.886. The second-order valence-electron chi connectivity index (χ2n) is 6.53. The number of imide groups is 1. The molecule has 1 aliphatic heterocycles. The molecule has 2 heterocycles. The monoisotopic (exact) mass is 422 g/mol. The fraction of sp³-hybridized carbons (Fsp3) is 0.474. The Morgan fingerprint density at radius 1 is 1.18 bits per heavy atom. The number of thiazole rings is 1. The van der Waals surface area contributed by atoms with Crippen molar-refractivity contribution in [3.05, 3.63) is 23.2 Å². The van der Waals surface area contributed by atoms with Crippen LogP contribution in [0.25, 0.3) is 10.2 Å². The molecule has 1 aliphatic rings. The predicted octanol–water partition coefficient (Wildman–Crippen LogP) is 2.77. The zero-order chi connectivity index (χ0) is 20.3. The maximum atomic E-state index is 13.0. The van der Waals surface area contributed by atoms with Gasteiger partial charge in [-0.3, -0.25) is 24.2 Å². The van der Waals surface area contributed by atoms with Gasteiger partial charge in [-0.15, -0.1) is 0 Å². The number of aromatic nitrogens is 1. The number of anilines is 1. The van der Waals surface area contributed by atoms with E-state index in [1.807, 2.05) is 12.1 Å². The van der Waals surface area contributed by atoms with Crippen LogP contribution in [-0.4, -0.2) is 65.2 Å². The summed E-state index contributed by atoms with van der Waals surface area (Å²) >= 11 is 7.61. The van der Waals surface area contributed by atoms with E-state index < -0.39 is 0 Å². The van der Waals surface area contributed by atoms with Gasteiger partial charge in [-0.05, 0) is 25.2 Å². The van der Waals surface area contributed by atoms with Crippen molar-refractivity contribution in [2.24, 2.45) is 0 Å². The summed E-state index contributed by atoms with van der Waals surface area (Å²) in [5, 5.41) is 1.06. The molecule has 1 saturated heterocycles. The van der Waals surface area contributed by atoms with E-state index in [1.54, 1.807) is 11.0 Å². The number of likely N-dealkylation sites (N-methyl/N-ethyl adjacent to an activating group) is 1. The van der Waals surface area contributed by atoms with Crippen LogP contribution in [0.4, 0.5) is 5.13 Å². The smallest absolute Gasteiger partial charge is 0.248 e. The molecule has 2 aromatic rings. The number of rotatable bonds is 8.